The summed E-state index contributed by atoms with van der Waals surface area (Å²) in [5.41, 5.74) is 0. The number of piperidine rings is 1. The molecule has 138 valence electrons. The summed E-state index contributed by atoms with van der Waals surface area (Å²) in [6.07, 6.45) is 5.75. The van der Waals surface area contributed by atoms with Gasteiger partial charge in [-0.15, -0.1) is 0 Å². The van der Waals surface area contributed by atoms with Gasteiger partial charge in [-0.2, -0.15) is 0 Å². The van der Waals surface area contributed by atoms with E-state index in [1.54, 1.807) is 0 Å². The predicted octanol–water partition coefficient (Wildman–Crippen LogP) is 2.40. The van der Waals surface area contributed by atoms with Crippen molar-refractivity contribution in [2.45, 2.75) is 71.2 Å². The Kier molecular flexibility index (Phi) is 6.17. The summed E-state index contributed by atoms with van der Waals surface area (Å²) < 4.78 is 11.3. The number of hydrogen-bond donors (Lipinski definition) is 1. The Hall–Kier alpha value is -0.650. The zero-order chi connectivity index (χ0) is 17.1. The summed E-state index contributed by atoms with van der Waals surface area (Å²) in [7, 11) is 0. The Morgan fingerprint density at radius 3 is 2.42 bits per heavy atom. The van der Waals surface area contributed by atoms with Gasteiger partial charge in [-0.25, -0.2) is 0 Å². The van der Waals surface area contributed by atoms with Gasteiger partial charge in [0.1, 0.15) is 0 Å². The minimum absolute atomic E-state index is 0.0131. The highest BCUT2D eigenvalue weighted by molar-refractivity contribution is 5.81. The number of likely N-dealkylation sites (tertiary alicyclic amines) is 1. The van der Waals surface area contributed by atoms with Gasteiger partial charge in [-0.3, -0.25) is 9.69 Å². The zero-order valence-electron chi connectivity index (χ0n) is 15.5. The molecule has 1 saturated carbocycles. The molecule has 3 fully saturated rings. The molecule has 0 bridgehead atoms. The molecule has 4 atom stereocenters. The second-order valence-electron chi connectivity index (χ2n) is 8.04. The molecular weight excluding hydrogens is 304 g/mol. The molecule has 5 nitrogen and oxygen atoms in total. The van der Waals surface area contributed by atoms with Crippen molar-refractivity contribution in [2.75, 3.05) is 26.3 Å². The number of hydrogen-bond acceptors (Lipinski definition) is 4. The number of carbonyl (C=O) groups excluding carboxylic acids is 1. The molecule has 0 aromatic rings. The van der Waals surface area contributed by atoms with Crippen LogP contribution in [0, 0.1) is 17.8 Å². The van der Waals surface area contributed by atoms with E-state index in [1.165, 1.54) is 12.8 Å². The first-order chi connectivity index (χ1) is 11.6. The van der Waals surface area contributed by atoms with Gasteiger partial charge in [0.05, 0.1) is 19.3 Å². The topological polar surface area (TPSA) is 50.8 Å². The fraction of sp³-hybridized carbons (Fsp3) is 0.947. The summed E-state index contributed by atoms with van der Waals surface area (Å²) >= 11 is 0. The Morgan fingerprint density at radius 1 is 1.08 bits per heavy atom. The Labute approximate surface area is 146 Å². The molecule has 4 unspecified atom stereocenters. The van der Waals surface area contributed by atoms with Crippen LogP contribution in [0.3, 0.4) is 0 Å². The standard InChI is InChI=1S/C19H34N2O3/c1-13-5-4-6-17(14(13)2)20-18(22)15(3)21-9-7-16(8-10-21)19-23-11-12-24-19/h13-17,19H,4-12H2,1-3H3,(H,20,22). The molecule has 3 aliphatic rings. The van der Waals surface area contributed by atoms with Crippen LogP contribution in [-0.2, 0) is 14.3 Å². The maximum absolute atomic E-state index is 12.7. The minimum Gasteiger partial charge on any atom is -0.352 e. The van der Waals surface area contributed by atoms with Crippen LogP contribution in [0.1, 0.15) is 52.9 Å². The van der Waals surface area contributed by atoms with Crippen LogP contribution in [0.2, 0.25) is 0 Å². The third kappa shape index (κ3) is 4.12. The summed E-state index contributed by atoms with van der Waals surface area (Å²) in [5.74, 6) is 1.98. The summed E-state index contributed by atoms with van der Waals surface area (Å²) in [6.45, 7) is 10.0. The van der Waals surface area contributed by atoms with Crippen LogP contribution in [0.25, 0.3) is 0 Å². The van der Waals surface area contributed by atoms with Crippen molar-refractivity contribution in [1.29, 1.82) is 0 Å². The fourth-order valence-corrected chi connectivity index (χ4v) is 4.48. The van der Waals surface area contributed by atoms with Gasteiger partial charge in [0.25, 0.3) is 0 Å². The van der Waals surface area contributed by atoms with Crippen molar-refractivity contribution in [3.05, 3.63) is 0 Å². The summed E-state index contributed by atoms with van der Waals surface area (Å²) in [4.78, 5) is 15.0. The average Bonchev–Trinajstić information content (AvgIpc) is 3.13. The van der Waals surface area contributed by atoms with Crippen LogP contribution >= 0.6 is 0 Å². The second-order valence-corrected chi connectivity index (χ2v) is 8.04. The normalized spacial score (nSPS) is 35.0. The number of rotatable bonds is 4. The molecule has 0 radical (unpaired) electrons. The lowest BCUT2D eigenvalue weighted by atomic mass is 9.78. The molecule has 1 aliphatic carbocycles. The van der Waals surface area contributed by atoms with Crippen molar-refractivity contribution in [1.82, 2.24) is 10.2 Å². The number of amides is 1. The van der Waals surface area contributed by atoms with E-state index < -0.39 is 0 Å². The summed E-state index contributed by atoms with van der Waals surface area (Å²) in [5, 5.41) is 3.33. The lowest BCUT2D eigenvalue weighted by Crippen LogP contribution is -2.53. The largest absolute Gasteiger partial charge is 0.352 e. The van der Waals surface area contributed by atoms with Gasteiger partial charge in [0.2, 0.25) is 5.91 Å². The number of carbonyl (C=O) groups is 1. The smallest absolute Gasteiger partial charge is 0.237 e. The number of nitrogens with zero attached hydrogens (tertiary/aromatic N) is 1. The third-order valence-corrected chi connectivity index (χ3v) is 6.57. The van der Waals surface area contributed by atoms with Crippen molar-refractivity contribution in [3.63, 3.8) is 0 Å². The van der Waals surface area contributed by atoms with Crippen molar-refractivity contribution >= 4 is 5.91 Å². The molecular formula is C19H34N2O3. The highest BCUT2D eigenvalue weighted by atomic mass is 16.7. The molecule has 3 rings (SSSR count). The highest BCUT2D eigenvalue weighted by Crippen LogP contribution is 2.30. The van der Waals surface area contributed by atoms with Crippen molar-refractivity contribution in [2.24, 2.45) is 17.8 Å². The van der Waals surface area contributed by atoms with E-state index in [4.69, 9.17) is 9.47 Å². The predicted molar refractivity (Wildman–Crippen MR) is 93.6 cm³/mol. The SMILES string of the molecule is CC1CCCC(NC(=O)C(C)N2CCC(C3OCCO3)CC2)C1C. The van der Waals surface area contributed by atoms with Crippen LogP contribution in [0.4, 0.5) is 0 Å². The van der Waals surface area contributed by atoms with Gasteiger partial charge in [-0.05, 0) is 51.1 Å². The molecule has 2 heterocycles. The average molecular weight is 338 g/mol. The zero-order valence-corrected chi connectivity index (χ0v) is 15.5. The van der Waals surface area contributed by atoms with E-state index in [0.29, 0.717) is 23.8 Å². The quantitative estimate of drug-likeness (QED) is 0.855. The summed E-state index contributed by atoms with van der Waals surface area (Å²) in [6, 6.07) is 0.308. The van der Waals surface area contributed by atoms with Crippen molar-refractivity contribution in [3.8, 4) is 0 Å². The maximum Gasteiger partial charge on any atom is 0.237 e. The van der Waals surface area contributed by atoms with Crippen LogP contribution < -0.4 is 5.32 Å². The van der Waals surface area contributed by atoms with Crippen molar-refractivity contribution < 1.29 is 14.3 Å². The molecule has 2 aliphatic heterocycles. The van der Waals surface area contributed by atoms with E-state index in [1.807, 2.05) is 0 Å². The van der Waals surface area contributed by atoms with Crippen LogP contribution in [-0.4, -0.2) is 55.5 Å². The van der Waals surface area contributed by atoms with Gasteiger partial charge < -0.3 is 14.8 Å². The number of ether oxygens (including phenoxy) is 2. The van der Waals surface area contributed by atoms with Gasteiger partial charge in [0.15, 0.2) is 6.29 Å². The van der Waals surface area contributed by atoms with Crippen LogP contribution in [0.15, 0.2) is 0 Å². The molecule has 1 N–H and O–H groups in total. The van der Waals surface area contributed by atoms with Gasteiger partial charge >= 0.3 is 0 Å². The molecule has 0 aromatic carbocycles. The lowest BCUT2D eigenvalue weighted by molar-refractivity contribution is -0.129. The first-order valence-corrected chi connectivity index (χ1v) is 9.84. The fourth-order valence-electron chi connectivity index (χ4n) is 4.48. The van der Waals surface area contributed by atoms with E-state index >= 15 is 0 Å². The van der Waals surface area contributed by atoms with E-state index in [-0.39, 0.29) is 18.2 Å². The molecule has 2 saturated heterocycles. The van der Waals surface area contributed by atoms with Gasteiger partial charge in [-0.1, -0.05) is 26.7 Å². The second kappa shape index (κ2) is 8.15. The van der Waals surface area contributed by atoms with E-state index in [2.05, 4.69) is 31.0 Å². The molecule has 24 heavy (non-hydrogen) atoms. The molecule has 1 amide bonds. The minimum atomic E-state index is -0.0409. The Morgan fingerprint density at radius 2 is 1.75 bits per heavy atom. The monoisotopic (exact) mass is 338 g/mol. The maximum atomic E-state index is 12.7. The first kappa shape index (κ1) is 18.2. The van der Waals surface area contributed by atoms with Gasteiger partial charge in [0, 0.05) is 12.0 Å². The molecule has 0 aromatic heterocycles. The van der Waals surface area contributed by atoms with Crippen LogP contribution in [0.5, 0.6) is 0 Å². The molecule has 0 spiro atoms. The first-order valence-electron chi connectivity index (χ1n) is 9.84. The van der Waals surface area contributed by atoms with E-state index in [0.717, 1.165) is 45.6 Å². The Balaban J connectivity index is 1.45. The Bertz CT molecular complexity index is 417. The highest BCUT2D eigenvalue weighted by Gasteiger charge is 2.34. The third-order valence-electron chi connectivity index (χ3n) is 6.57. The number of nitrogens with one attached hydrogen (secondary N) is 1. The molecule has 5 heteroatoms. The van der Waals surface area contributed by atoms with E-state index in [9.17, 15) is 4.79 Å². The lowest BCUT2D eigenvalue weighted by Gasteiger charge is -2.39.